The fourth-order valence-corrected chi connectivity index (χ4v) is 6.47. The molecule has 0 amide bonds. The highest BCUT2D eigenvalue weighted by Gasteiger charge is 2.34. The predicted octanol–water partition coefficient (Wildman–Crippen LogP) is 9.54. The van der Waals surface area contributed by atoms with Crippen molar-refractivity contribution in [1.29, 1.82) is 0 Å². The number of aromatic nitrogens is 1. The van der Waals surface area contributed by atoms with Gasteiger partial charge in [0, 0.05) is 17.0 Å². The number of hydrogen-bond donors (Lipinski definition) is 0. The third-order valence-corrected chi connectivity index (χ3v) is 7.99. The second-order valence-electron chi connectivity index (χ2n) is 13.9. The average molecular weight is 503 g/mol. The van der Waals surface area contributed by atoms with Crippen molar-refractivity contribution >= 4 is 32.3 Å². The summed E-state index contributed by atoms with van der Waals surface area (Å²) in [6.45, 7) is 18.4. The molecule has 0 spiro atoms. The Bertz CT molecular complexity index is 1780. The third kappa shape index (κ3) is 3.97. The molecule has 0 N–H and O–H groups in total. The van der Waals surface area contributed by atoms with Gasteiger partial charge in [0.15, 0.2) is 6.20 Å². The van der Waals surface area contributed by atoms with Crippen LogP contribution in [0, 0.1) is 24.7 Å². The summed E-state index contributed by atoms with van der Waals surface area (Å²) in [7, 11) is 2.18. The number of ether oxygens (including phenoxy) is 1. The Morgan fingerprint density at radius 1 is 0.737 bits per heavy atom. The second kappa shape index (κ2) is 8.30. The number of nitrogens with zero attached hydrogens (tertiary/aromatic N) is 1. The minimum Gasteiger partial charge on any atom is -0.455 e. The van der Waals surface area contributed by atoms with Gasteiger partial charge >= 0.3 is 0 Å². The molecule has 1 aromatic heterocycles. The van der Waals surface area contributed by atoms with Crippen LogP contribution in [0.2, 0.25) is 0 Å². The number of rotatable bonds is 2. The molecule has 38 heavy (non-hydrogen) atoms. The molecule has 1 aliphatic heterocycles. The first-order valence-corrected chi connectivity index (χ1v) is 13.9. The minimum atomic E-state index is 0.127. The highest BCUT2D eigenvalue weighted by Crippen LogP contribution is 2.53. The second-order valence-corrected chi connectivity index (χ2v) is 13.9. The van der Waals surface area contributed by atoms with E-state index >= 15 is 0 Å². The lowest BCUT2D eigenvalue weighted by Crippen LogP contribution is -2.32. The SMILES string of the molecule is Cc1ccc2c(CC(C)(C)C)c3c(c(C)c2c1)-c1c2c(cc4c(CC(C)(C)C)cccc4c2cc[n+]1C)O3. The van der Waals surface area contributed by atoms with Crippen molar-refractivity contribution in [1.82, 2.24) is 0 Å². The molecule has 2 heteroatoms. The van der Waals surface area contributed by atoms with E-state index in [9.17, 15) is 0 Å². The fourth-order valence-electron chi connectivity index (χ4n) is 6.47. The summed E-state index contributed by atoms with van der Waals surface area (Å²) in [5, 5.41) is 7.75. The average Bonchev–Trinajstić information content (AvgIpc) is 2.82. The first-order chi connectivity index (χ1) is 17.8. The maximum absolute atomic E-state index is 7.08. The Kier molecular flexibility index (Phi) is 5.44. The van der Waals surface area contributed by atoms with Gasteiger partial charge in [-0.25, -0.2) is 4.57 Å². The molecule has 0 aliphatic carbocycles. The number of pyridine rings is 1. The molecule has 194 valence electrons. The molecule has 1 aliphatic rings. The van der Waals surface area contributed by atoms with E-state index in [0.717, 1.165) is 24.3 Å². The van der Waals surface area contributed by atoms with Crippen LogP contribution in [0.15, 0.2) is 54.7 Å². The molecule has 5 aromatic rings. The zero-order valence-corrected chi connectivity index (χ0v) is 24.5. The van der Waals surface area contributed by atoms with Gasteiger partial charge in [0.1, 0.15) is 18.5 Å². The van der Waals surface area contributed by atoms with Crippen molar-refractivity contribution in [2.24, 2.45) is 17.9 Å². The van der Waals surface area contributed by atoms with Crippen LogP contribution in [0.1, 0.15) is 63.8 Å². The monoisotopic (exact) mass is 502 g/mol. The largest absolute Gasteiger partial charge is 0.455 e. The van der Waals surface area contributed by atoms with Crippen molar-refractivity contribution < 1.29 is 9.30 Å². The molecule has 0 saturated heterocycles. The van der Waals surface area contributed by atoms with Crippen molar-refractivity contribution in [2.75, 3.05) is 0 Å². The molecular weight excluding hydrogens is 462 g/mol. The van der Waals surface area contributed by atoms with Crippen molar-refractivity contribution in [3.63, 3.8) is 0 Å². The summed E-state index contributed by atoms with van der Waals surface area (Å²) in [5.41, 5.74) is 8.13. The standard InChI is InChI=1S/C36H40NO/c1-21-13-14-25-27(17-21)22(2)31-33-32-26(15-16-37(33)9)24-12-10-11-23(19-35(3,4)5)28(24)18-30(32)38-34(31)29(25)20-36(6,7)8/h10-18H,19-20H2,1-9H3/q+1. The van der Waals surface area contributed by atoms with Crippen LogP contribution >= 0.6 is 0 Å². The highest BCUT2D eigenvalue weighted by atomic mass is 16.5. The molecule has 6 rings (SSSR count). The van der Waals surface area contributed by atoms with Crippen LogP contribution < -0.4 is 9.30 Å². The van der Waals surface area contributed by atoms with Crippen LogP contribution in [-0.4, -0.2) is 0 Å². The van der Waals surface area contributed by atoms with Gasteiger partial charge in [0.25, 0.3) is 0 Å². The van der Waals surface area contributed by atoms with Gasteiger partial charge in [-0.05, 0) is 76.3 Å². The van der Waals surface area contributed by atoms with Gasteiger partial charge in [-0.2, -0.15) is 0 Å². The van der Waals surface area contributed by atoms with E-state index in [1.54, 1.807) is 0 Å². The fraction of sp³-hybridized carbons (Fsp3) is 0.361. The molecular formula is C36H40NO+. The molecule has 2 heterocycles. The molecule has 0 saturated carbocycles. The Morgan fingerprint density at radius 3 is 2.18 bits per heavy atom. The van der Waals surface area contributed by atoms with E-state index in [1.807, 2.05) is 0 Å². The Morgan fingerprint density at radius 2 is 1.47 bits per heavy atom. The Hall–Kier alpha value is -3.39. The zero-order valence-electron chi connectivity index (χ0n) is 24.5. The number of benzene rings is 4. The molecule has 0 fully saturated rings. The quantitative estimate of drug-likeness (QED) is 0.170. The van der Waals surface area contributed by atoms with Gasteiger partial charge in [0.2, 0.25) is 5.69 Å². The Labute approximate surface area is 227 Å². The summed E-state index contributed by atoms with van der Waals surface area (Å²) in [5.74, 6) is 2.02. The van der Waals surface area contributed by atoms with E-state index < -0.39 is 0 Å². The molecule has 2 nitrogen and oxygen atoms in total. The molecule has 0 unspecified atom stereocenters. The first kappa shape index (κ1) is 24.9. The van der Waals surface area contributed by atoms with Crippen LogP contribution in [-0.2, 0) is 19.9 Å². The van der Waals surface area contributed by atoms with Gasteiger partial charge in [-0.1, -0.05) is 83.5 Å². The first-order valence-electron chi connectivity index (χ1n) is 13.9. The molecule has 0 bridgehead atoms. The number of fused-ring (bicyclic) bond motifs is 5. The van der Waals surface area contributed by atoms with Crippen LogP contribution in [0.25, 0.3) is 43.6 Å². The van der Waals surface area contributed by atoms with Crippen LogP contribution in [0.3, 0.4) is 0 Å². The highest BCUT2D eigenvalue weighted by molar-refractivity contribution is 6.16. The van der Waals surface area contributed by atoms with Gasteiger partial charge in [0.05, 0.1) is 10.9 Å². The zero-order chi connectivity index (χ0) is 27.1. The molecule has 4 aromatic carbocycles. The van der Waals surface area contributed by atoms with Gasteiger partial charge in [-0.15, -0.1) is 0 Å². The lowest BCUT2D eigenvalue weighted by molar-refractivity contribution is -0.659. The number of aryl methyl sites for hydroxylation is 3. The minimum absolute atomic E-state index is 0.127. The van der Waals surface area contributed by atoms with Crippen molar-refractivity contribution in [3.8, 4) is 22.8 Å². The van der Waals surface area contributed by atoms with E-state index in [0.29, 0.717) is 0 Å². The smallest absolute Gasteiger partial charge is 0.228 e. The van der Waals surface area contributed by atoms with Crippen LogP contribution in [0.5, 0.6) is 11.5 Å². The molecule has 0 atom stereocenters. The van der Waals surface area contributed by atoms with E-state index in [2.05, 4.69) is 122 Å². The van der Waals surface area contributed by atoms with Crippen molar-refractivity contribution in [3.05, 3.63) is 77.0 Å². The van der Waals surface area contributed by atoms with Crippen molar-refractivity contribution in [2.45, 2.75) is 68.2 Å². The molecule has 0 radical (unpaired) electrons. The normalized spacial score (nSPS) is 13.3. The topological polar surface area (TPSA) is 13.1 Å². The third-order valence-electron chi connectivity index (χ3n) is 7.99. The van der Waals surface area contributed by atoms with Gasteiger partial charge < -0.3 is 4.74 Å². The van der Waals surface area contributed by atoms with E-state index in [-0.39, 0.29) is 10.8 Å². The summed E-state index contributed by atoms with van der Waals surface area (Å²) < 4.78 is 9.38. The predicted molar refractivity (Wildman–Crippen MR) is 161 cm³/mol. The maximum atomic E-state index is 7.08. The summed E-state index contributed by atoms with van der Waals surface area (Å²) in [4.78, 5) is 0. The Balaban J connectivity index is 1.76. The van der Waals surface area contributed by atoms with Crippen LogP contribution in [0.4, 0.5) is 0 Å². The van der Waals surface area contributed by atoms with E-state index in [4.69, 9.17) is 4.74 Å². The maximum Gasteiger partial charge on any atom is 0.228 e. The summed E-state index contributed by atoms with van der Waals surface area (Å²) in [6, 6.07) is 18.3. The number of hydrogen-bond acceptors (Lipinski definition) is 1. The van der Waals surface area contributed by atoms with Gasteiger partial charge in [-0.3, -0.25) is 0 Å². The summed E-state index contributed by atoms with van der Waals surface area (Å²) in [6.07, 6.45) is 4.21. The van der Waals surface area contributed by atoms with E-state index in [1.165, 1.54) is 65.8 Å². The lowest BCUT2D eigenvalue weighted by atomic mass is 9.81. The lowest BCUT2D eigenvalue weighted by Gasteiger charge is -2.28. The summed E-state index contributed by atoms with van der Waals surface area (Å²) >= 11 is 0.